The maximum absolute atomic E-state index is 13.5. The highest BCUT2D eigenvalue weighted by atomic mass is 32.1. The van der Waals surface area contributed by atoms with Gasteiger partial charge >= 0.3 is 6.09 Å². The van der Waals surface area contributed by atoms with Gasteiger partial charge in [-0.3, -0.25) is 9.69 Å². The van der Waals surface area contributed by atoms with Crippen molar-refractivity contribution < 1.29 is 19.1 Å². The van der Waals surface area contributed by atoms with Gasteiger partial charge in [-0.05, 0) is 68.8 Å². The number of thiophene rings is 1. The van der Waals surface area contributed by atoms with Crippen LogP contribution in [-0.4, -0.2) is 37.8 Å². The highest BCUT2D eigenvalue weighted by molar-refractivity contribution is 7.12. The zero-order valence-electron chi connectivity index (χ0n) is 17.7. The van der Waals surface area contributed by atoms with Crippen LogP contribution in [0.3, 0.4) is 0 Å². The van der Waals surface area contributed by atoms with Crippen molar-refractivity contribution in [3.8, 4) is 5.75 Å². The second kappa shape index (κ2) is 8.86. The SMILES string of the molecule is CCOC(=O)N1c2cc(C)c(C)cc2N(C(=O)c2sccc2OCC)CC1CC. The van der Waals surface area contributed by atoms with Crippen molar-refractivity contribution in [2.45, 2.75) is 47.1 Å². The van der Waals surface area contributed by atoms with Gasteiger partial charge in [0.15, 0.2) is 0 Å². The first kappa shape index (κ1) is 21.2. The Morgan fingerprint density at radius 2 is 1.79 bits per heavy atom. The lowest BCUT2D eigenvalue weighted by Crippen LogP contribution is -2.53. The van der Waals surface area contributed by atoms with E-state index in [9.17, 15) is 9.59 Å². The van der Waals surface area contributed by atoms with Crippen LogP contribution in [0.2, 0.25) is 0 Å². The summed E-state index contributed by atoms with van der Waals surface area (Å²) in [6.45, 7) is 10.9. The van der Waals surface area contributed by atoms with Crippen LogP contribution in [-0.2, 0) is 4.74 Å². The van der Waals surface area contributed by atoms with E-state index in [0.717, 1.165) is 16.8 Å². The molecule has 156 valence electrons. The number of hydrogen-bond donors (Lipinski definition) is 0. The maximum Gasteiger partial charge on any atom is 0.414 e. The van der Waals surface area contributed by atoms with Crippen molar-refractivity contribution >= 4 is 34.7 Å². The van der Waals surface area contributed by atoms with Crippen molar-refractivity contribution in [3.63, 3.8) is 0 Å². The highest BCUT2D eigenvalue weighted by Crippen LogP contribution is 2.40. The average Bonchev–Trinajstić information content (AvgIpc) is 3.16. The fourth-order valence-electron chi connectivity index (χ4n) is 3.57. The smallest absolute Gasteiger partial charge is 0.414 e. The molecule has 2 amide bonds. The van der Waals surface area contributed by atoms with Gasteiger partial charge in [0.1, 0.15) is 10.6 Å². The fraction of sp³-hybridized carbons (Fsp3) is 0.455. The number of benzene rings is 1. The molecule has 1 aromatic carbocycles. The van der Waals surface area contributed by atoms with E-state index in [1.165, 1.54) is 11.3 Å². The molecule has 1 aliphatic heterocycles. The molecule has 0 bridgehead atoms. The summed E-state index contributed by atoms with van der Waals surface area (Å²) in [7, 11) is 0. The quantitative estimate of drug-likeness (QED) is 0.675. The van der Waals surface area contributed by atoms with Gasteiger partial charge in [0.25, 0.3) is 5.91 Å². The number of amides is 2. The topological polar surface area (TPSA) is 59.1 Å². The number of fused-ring (bicyclic) bond motifs is 1. The van der Waals surface area contributed by atoms with Crippen molar-refractivity contribution in [1.82, 2.24) is 0 Å². The summed E-state index contributed by atoms with van der Waals surface area (Å²) in [5, 5.41) is 1.87. The second-order valence-electron chi connectivity index (χ2n) is 7.02. The molecular weight excluding hydrogens is 388 g/mol. The summed E-state index contributed by atoms with van der Waals surface area (Å²) in [4.78, 5) is 30.3. The molecule has 7 heteroatoms. The molecule has 6 nitrogen and oxygen atoms in total. The monoisotopic (exact) mass is 416 g/mol. The lowest BCUT2D eigenvalue weighted by atomic mass is 10.0. The molecule has 1 aliphatic rings. The summed E-state index contributed by atoms with van der Waals surface area (Å²) in [5.41, 5.74) is 3.57. The Kier molecular flexibility index (Phi) is 6.47. The molecule has 0 aliphatic carbocycles. The zero-order valence-corrected chi connectivity index (χ0v) is 18.5. The van der Waals surface area contributed by atoms with Crippen molar-refractivity contribution in [2.75, 3.05) is 29.6 Å². The van der Waals surface area contributed by atoms with Crippen LogP contribution in [0.4, 0.5) is 16.2 Å². The second-order valence-corrected chi connectivity index (χ2v) is 7.94. The number of anilines is 2. The molecule has 0 spiro atoms. The van der Waals surface area contributed by atoms with Crippen molar-refractivity contribution in [1.29, 1.82) is 0 Å². The highest BCUT2D eigenvalue weighted by Gasteiger charge is 2.38. The summed E-state index contributed by atoms with van der Waals surface area (Å²) in [6, 6.07) is 5.62. The minimum atomic E-state index is -0.373. The fourth-order valence-corrected chi connectivity index (χ4v) is 4.35. The van der Waals surface area contributed by atoms with Gasteiger partial charge in [0.05, 0.1) is 30.6 Å². The Morgan fingerprint density at radius 3 is 2.41 bits per heavy atom. The number of carbonyl (C=O) groups excluding carboxylic acids is 2. The third-order valence-corrected chi connectivity index (χ3v) is 6.09. The molecule has 2 aromatic rings. The minimum absolute atomic E-state index is 0.102. The Balaban J connectivity index is 2.10. The number of rotatable bonds is 5. The van der Waals surface area contributed by atoms with E-state index in [2.05, 4.69) is 0 Å². The predicted molar refractivity (Wildman–Crippen MR) is 117 cm³/mol. The summed E-state index contributed by atoms with van der Waals surface area (Å²) in [6.07, 6.45) is 0.333. The largest absolute Gasteiger partial charge is 0.492 e. The van der Waals surface area contributed by atoms with Crippen LogP contribution in [0, 0.1) is 13.8 Å². The van der Waals surface area contributed by atoms with Crippen LogP contribution in [0.1, 0.15) is 48.0 Å². The molecule has 1 atom stereocenters. The molecule has 1 unspecified atom stereocenters. The third-order valence-electron chi connectivity index (χ3n) is 5.20. The van der Waals surface area contributed by atoms with E-state index >= 15 is 0 Å². The van der Waals surface area contributed by atoms with Crippen LogP contribution < -0.4 is 14.5 Å². The van der Waals surface area contributed by atoms with Crippen molar-refractivity contribution in [3.05, 3.63) is 39.6 Å². The molecule has 0 fully saturated rings. The van der Waals surface area contributed by atoms with Gasteiger partial charge in [0, 0.05) is 6.54 Å². The van der Waals surface area contributed by atoms with E-state index in [4.69, 9.17) is 9.47 Å². The molecule has 0 N–H and O–H groups in total. The number of hydrogen-bond acceptors (Lipinski definition) is 5. The number of carbonyl (C=O) groups is 2. The number of ether oxygens (including phenoxy) is 2. The summed E-state index contributed by atoms with van der Waals surface area (Å²) >= 11 is 1.38. The molecule has 2 heterocycles. The lowest BCUT2D eigenvalue weighted by Gasteiger charge is -2.42. The van der Waals surface area contributed by atoms with Gasteiger partial charge in [-0.2, -0.15) is 0 Å². The lowest BCUT2D eigenvalue weighted by molar-refractivity contribution is 0.0982. The van der Waals surface area contributed by atoms with Gasteiger partial charge in [-0.25, -0.2) is 4.79 Å². The molecule has 0 saturated carbocycles. The normalized spacial score (nSPS) is 15.8. The predicted octanol–water partition coefficient (Wildman–Crippen LogP) is 5.17. The minimum Gasteiger partial charge on any atom is -0.492 e. The Labute approximate surface area is 176 Å². The van der Waals surface area contributed by atoms with Crippen LogP contribution in [0.5, 0.6) is 5.75 Å². The van der Waals surface area contributed by atoms with Crippen LogP contribution in [0.25, 0.3) is 0 Å². The molecule has 1 aromatic heterocycles. The van der Waals surface area contributed by atoms with E-state index in [1.807, 2.05) is 51.3 Å². The van der Waals surface area contributed by atoms with Gasteiger partial charge in [-0.1, -0.05) is 6.92 Å². The Morgan fingerprint density at radius 1 is 1.10 bits per heavy atom. The first-order valence-corrected chi connectivity index (χ1v) is 10.9. The molecule has 0 saturated heterocycles. The third kappa shape index (κ3) is 3.96. The molecule has 0 radical (unpaired) electrons. The van der Waals surface area contributed by atoms with Gasteiger partial charge in [-0.15, -0.1) is 11.3 Å². The molecule has 3 rings (SSSR count). The Bertz CT molecular complexity index is 908. The number of nitrogens with zero attached hydrogens (tertiary/aromatic N) is 2. The van der Waals surface area contributed by atoms with Crippen molar-refractivity contribution in [2.24, 2.45) is 0 Å². The average molecular weight is 417 g/mol. The van der Waals surface area contributed by atoms with Gasteiger partial charge < -0.3 is 14.4 Å². The van der Waals surface area contributed by atoms with E-state index in [-0.39, 0.29) is 18.0 Å². The summed E-state index contributed by atoms with van der Waals surface area (Å²) in [5.74, 6) is 0.503. The van der Waals surface area contributed by atoms with Crippen LogP contribution in [0.15, 0.2) is 23.6 Å². The van der Waals surface area contributed by atoms with E-state index in [1.54, 1.807) is 16.7 Å². The molecular formula is C22H28N2O4S. The first-order chi connectivity index (χ1) is 13.9. The van der Waals surface area contributed by atoms with E-state index in [0.29, 0.717) is 42.5 Å². The molecule has 29 heavy (non-hydrogen) atoms. The summed E-state index contributed by atoms with van der Waals surface area (Å²) < 4.78 is 11.0. The van der Waals surface area contributed by atoms with Gasteiger partial charge in [0.2, 0.25) is 0 Å². The standard InChI is InChI=1S/C22H28N2O4S/c1-6-16-13-23(21(25)20-19(27-7-2)9-10-29-20)17-11-14(4)15(5)12-18(17)24(16)22(26)28-8-3/h9-12,16H,6-8,13H2,1-5H3. The first-order valence-electron chi connectivity index (χ1n) is 10.0. The zero-order chi connectivity index (χ0) is 21.1. The maximum atomic E-state index is 13.5. The number of aryl methyl sites for hydroxylation is 2. The Hall–Kier alpha value is -2.54. The van der Waals surface area contributed by atoms with Crippen LogP contribution >= 0.6 is 11.3 Å². The van der Waals surface area contributed by atoms with E-state index < -0.39 is 0 Å².